The highest BCUT2D eigenvalue weighted by Gasteiger charge is 2.19. The number of amides is 1. The van der Waals surface area contributed by atoms with Crippen molar-refractivity contribution in [2.45, 2.75) is 25.7 Å². The zero-order valence-electron chi connectivity index (χ0n) is 16.0. The monoisotopic (exact) mass is 394 g/mol. The molecule has 0 unspecified atom stereocenters. The molecule has 0 aromatic heterocycles. The Kier molecular flexibility index (Phi) is 5.51. The van der Waals surface area contributed by atoms with Gasteiger partial charge in [-0.2, -0.15) is 0 Å². The van der Waals surface area contributed by atoms with Crippen LogP contribution in [0.2, 0.25) is 0 Å². The summed E-state index contributed by atoms with van der Waals surface area (Å²) in [6, 6.07) is 18.6. The summed E-state index contributed by atoms with van der Waals surface area (Å²) in [6.45, 7) is 5.86. The molecule has 0 bridgehead atoms. The first kappa shape index (κ1) is 19.6. The maximum atomic E-state index is 12.9. The first-order valence-corrected chi connectivity index (χ1v) is 10.3. The second-order valence-electron chi connectivity index (χ2n) is 6.69. The van der Waals surface area contributed by atoms with E-state index in [4.69, 9.17) is 0 Å². The van der Waals surface area contributed by atoms with Crippen LogP contribution in [0.1, 0.15) is 27.0 Å². The van der Waals surface area contributed by atoms with E-state index in [9.17, 15) is 13.2 Å². The maximum absolute atomic E-state index is 12.9. The Morgan fingerprint density at radius 3 is 2.04 bits per heavy atom. The normalized spacial score (nSPS) is 11.1. The lowest BCUT2D eigenvalue weighted by Crippen LogP contribution is -2.19. The van der Waals surface area contributed by atoms with Crippen LogP contribution in [0.5, 0.6) is 0 Å². The molecule has 0 aliphatic heterocycles. The van der Waals surface area contributed by atoms with Gasteiger partial charge in [0.15, 0.2) is 0 Å². The Labute approximate surface area is 165 Å². The maximum Gasteiger partial charge on any atom is 0.261 e. The van der Waals surface area contributed by atoms with Crippen molar-refractivity contribution in [2.75, 3.05) is 10.0 Å². The highest BCUT2D eigenvalue weighted by Crippen LogP contribution is 2.25. The minimum atomic E-state index is -3.79. The van der Waals surface area contributed by atoms with Gasteiger partial charge in [0.1, 0.15) is 0 Å². The number of hydrogen-bond donors (Lipinski definition) is 2. The fourth-order valence-electron chi connectivity index (χ4n) is 3.13. The van der Waals surface area contributed by atoms with Crippen molar-refractivity contribution >= 4 is 27.3 Å². The number of nitrogens with one attached hydrogen (secondary N) is 2. The van der Waals surface area contributed by atoms with E-state index in [2.05, 4.69) is 10.0 Å². The van der Waals surface area contributed by atoms with Crippen molar-refractivity contribution in [1.29, 1.82) is 0 Å². The topological polar surface area (TPSA) is 75.3 Å². The largest absolute Gasteiger partial charge is 0.321 e. The number of sulfonamides is 1. The summed E-state index contributed by atoms with van der Waals surface area (Å²) in [4.78, 5) is 13.0. The van der Waals surface area contributed by atoms with Gasteiger partial charge in [0.2, 0.25) is 0 Å². The first-order chi connectivity index (χ1) is 13.3. The molecule has 0 aliphatic rings. The smallest absolute Gasteiger partial charge is 0.261 e. The van der Waals surface area contributed by atoms with E-state index in [1.807, 2.05) is 32.9 Å². The Morgan fingerprint density at radius 2 is 1.39 bits per heavy atom. The van der Waals surface area contributed by atoms with Gasteiger partial charge in [0.25, 0.3) is 15.9 Å². The fraction of sp³-hybridized carbons (Fsp3) is 0.136. The van der Waals surface area contributed by atoms with E-state index in [0.29, 0.717) is 0 Å². The molecule has 5 nitrogen and oxygen atoms in total. The molecule has 6 heteroatoms. The highest BCUT2D eigenvalue weighted by molar-refractivity contribution is 7.92. The molecule has 0 saturated carbocycles. The van der Waals surface area contributed by atoms with Crippen LogP contribution in [0.4, 0.5) is 11.4 Å². The Hall–Kier alpha value is -3.12. The molecule has 0 spiro atoms. The van der Waals surface area contributed by atoms with Gasteiger partial charge in [0.05, 0.1) is 16.1 Å². The second-order valence-corrected chi connectivity index (χ2v) is 8.37. The molecule has 3 aromatic carbocycles. The van der Waals surface area contributed by atoms with Crippen LogP contribution in [0.15, 0.2) is 71.6 Å². The third kappa shape index (κ3) is 4.23. The summed E-state index contributed by atoms with van der Waals surface area (Å²) in [7, 11) is -3.79. The van der Waals surface area contributed by atoms with Crippen LogP contribution in [0.25, 0.3) is 0 Å². The van der Waals surface area contributed by atoms with Crippen LogP contribution >= 0.6 is 0 Å². The van der Waals surface area contributed by atoms with Gasteiger partial charge in [-0.1, -0.05) is 48.0 Å². The third-order valence-electron chi connectivity index (χ3n) is 4.39. The summed E-state index contributed by atoms with van der Waals surface area (Å²) in [5.41, 5.74) is 4.23. The molecule has 3 aromatic rings. The van der Waals surface area contributed by atoms with E-state index in [0.717, 1.165) is 22.4 Å². The average molecular weight is 394 g/mol. The molecule has 1 amide bonds. The molecule has 0 heterocycles. The van der Waals surface area contributed by atoms with E-state index in [1.165, 1.54) is 12.1 Å². The van der Waals surface area contributed by atoms with Crippen molar-refractivity contribution in [3.05, 3.63) is 89.0 Å². The number of benzene rings is 3. The van der Waals surface area contributed by atoms with Crippen LogP contribution in [-0.4, -0.2) is 14.3 Å². The molecular formula is C22H22N2O3S. The zero-order valence-corrected chi connectivity index (χ0v) is 16.8. The number of carbonyl (C=O) groups is 1. The lowest BCUT2D eigenvalue weighted by Gasteiger charge is -2.15. The van der Waals surface area contributed by atoms with Crippen LogP contribution < -0.4 is 10.0 Å². The molecule has 144 valence electrons. The van der Waals surface area contributed by atoms with Gasteiger partial charge in [-0.05, 0) is 56.2 Å². The number of carbonyl (C=O) groups excluding carboxylic acids is 1. The molecular weight excluding hydrogens is 372 g/mol. The predicted molar refractivity (Wildman–Crippen MR) is 112 cm³/mol. The molecule has 0 saturated heterocycles. The molecule has 0 radical (unpaired) electrons. The summed E-state index contributed by atoms with van der Waals surface area (Å²) in [5, 5.41) is 2.91. The molecule has 2 N–H and O–H groups in total. The Morgan fingerprint density at radius 1 is 0.821 bits per heavy atom. The van der Waals surface area contributed by atoms with Crippen molar-refractivity contribution in [1.82, 2.24) is 0 Å². The van der Waals surface area contributed by atoms with Gasteiger partial charge in [-0.15, -0.1) is 0 Å². The van der Waals surface area contributed by atoms with Gasteiger partial charge < -0.3 is 5.32 Å². The van der Waals surface area contributed by atoms with E-state index in [-0.39, 0.29) is 22.1 Å². The number of anilines is 2. The van der Waals surface area contributed by atoms with Crippen LogP contribution in [0, 0.1) is 20.8 Å². The molecule has 28 heavy (non-hydrogen) atoms. The summed E-state index contributed by atoms with van der Waals surface area (Å²) in [5.74, 6) is -0.374. The highest BCUT2D eigenvalue weighted by atomic mass is 32.2. The SMILES string of the molecule is Cc1cc(C)c(NC(=O)c2ccccc2NS(=O)(=O)c2ccccc2)c(C)c1. The molecule has 0 fully saturated rings. The standard InChI is InChI=1S/C22H22N2O3S/c1-15-13-16(2)21(17(3)14-15)23-22(25)19-11-7-8-12-20(19)24-28(26,27)18-9-5-4-6-10-18/h4-14,24H,1-3H3,(H,23,25). The fourth-order valence-corrected chi connectivity index (χ4v) is 4.23. The molecule has 0 aliphatic carbocycles. The lowest BCUT2D eigenvalue weighted by atomic mass is 10.0. The average Bonchev–Trinajstić information content (AvgIpc) is 2.65. The van der Waals surface area contributed by atoms with Gasteiger partial charge >= 0.3 is 0 Å². The van der Waals surface area contributed by atoms with Gasteiger partial charge in [-0.25, -0.2) is 8.42 Å². The summed E-state index contributed by atoms with van der Waals surface area (Å²) < 4.78 is 27.8. The van der Waals surface area contributed by atoms with E-state index < -0.39 is 10.0 Å². The van der Waals surface area contributed by atoms with Crippen molar-refractivity contribution in [3.63, 3.8) is 0 Å². The Bertz CT molecular complexity index is 1100. The quantitative estimate of drug-likeness (QED) is 0.661. The molecule has 0 atom stereocenters. The van der Waals surface area contributed by atoms with Crippen LogP contribution in [0.3, 0.4) is 0 Å². The van der Waals surface area contributed by atoms with Crippen molar-refractivity contribution in [3.8, 4) is 0 Å². The predicted octanol–water partition coefficient (Wildman–Crippen LogP) is 4.66. The minimum absolute atomic E-state index is 0.135. The number of hydrogen-bond acceptors (Lipinski definition) is 3. The lowest BCUT2D eigenvalue weighted by molar-refractivity contribution is 0.102. The zero-order chi connectivity index (χ0) is 20.3. The van der Waals surface area contributed by atoms with Crippen molar-refractivity contribution < 1.29 is 13.2 Å². The number of rotatable bonds is 5. The van der Waals surface area contributed by atoms with Gasteiger partial charge in [-0.3, -0.25) is 9.52 Å². The number of para-hydroxylation sites is 1. The van der Waals surface area contributed by atoms with Gasteiger partial charge in [0, 0.05) is 5.69 Å². The third-order valence-corrected chi connectivity index (χ3v) is 5.77. The summed E-state index contributed by atoms with van der Waals surface area (Å²) in [6.07, 6.45) is 0. The van der Waals surface area contributed by atoms with Crippen LogP contribution in [-0.2, 0) is 10.0 Å². The number of aryl methyl sites for hydroxylation is 3. The minimum Gasteiger partial charge on any atom is -0.321 e. The summed E-state index contributed by atoms with van der Waals surface area (Å²) >= 11 is 0. The van der Waals surface area contributed by atoms with E-state index in [1.54, 1.807) is 42.5 Å². The van der Waals surface area contributed by atoms with Crippen molar-refractivity contribution in [2.24, 2.45) is 0 Å². The van der Waals surface area contributed by atoms with E-state index >= 15 is 0 Å². The molecule has 3 rings (SSSR count). The first-order valence-electron chi connectivity index (χ1n) is 8.84. The Balaban J connectivity index is 1.92. The second kappa shape index (κ2) is 7.86.